The summed E-state index contributed by atoms with van der Waals surface area (Å²) in [6.07, 6.45) is 0. The molecule has 0 aliphatic rings. The molecule has 1 aromatic rings. The van der Waals surface area contributed by atoms with E-state index in [4.69, 9.17) is 50.6 Å². The van der Waals surface area contributed by atoms with Crippen LogP contribution in [-0.4, -0.2) is 145 Å². The van der Waals surface area contributed by atoms with E-state index in [0.717, 1.165) is 4.68 Å². The largest absolute Gasteiger partial charge is 0.369 e. The van der Waals surface area contributed by atoms with Gasteiger partial charge in [-0.15, -0.1) is 15.3 Å². The van der Waals surface area contributed by atoms with E-state index in [9.17, 15) is 0 Å². The summed E-state index contributed by atoms with van der Waals surface area (Å²) in [6, 6.07) is 0. The molecule has 0 atom stereocenters. The van der Waals surface area contributed by atoms with Crippen LogP contribution < -0.4 is 45.6 Å². The fourth-order valence-corrected chi connectivity index (χ4v) is 3.18. The van der Waals surface area contributed by atoms with Crippen molar-refractivity contribution < 1.29 is 0 Å². The molecule has 0 unspecified atom stereocenters. The van der Waals surface area contributed by atoms with Gasteiger partial charge in [-0.3, -0.25) is 40.2 Å². The molecular formula is C20H48N28. The Morgan fingerprint density at radius 2 is 1.52 bits per heavy atom. The lowest BCUT2D eigenvalue weighted by molar-refractivity contribution is 0.330. The number of H-pyrrole nitrogens is 4. The molecule has 0 saturated carbocycles. The Morgan fingerprint density at radius 1 is 0.896 bits per heavy atom. The normalized spacial score (nSPS) is 11.4. The predicted octanol–water partition coefficient (Wildman–Crippen LogP) is -5.47. The first-order chi connectivity index (χ1) is 22.3. The second-order valence-corrected chi connectivity index (χ2v) is 9.78. The quantitative estimate of drug-likeness (QED) is 0.105. The van der Waals surface area contributed by atoms with Crippen LogP contribution in [0.25, 0.3) is 0 Å². The van der Waals surface area contributed by atoms with Crippen molar-refractivity contribution >= 4 is 47.6 Å². The van der Waals surface area contributed by atoms with Gasteiger partial charge in [0, 0.05) is 63.4 Å². The molecule has 0 spiro atoms. The van der Waals surface area contributed by atoms with Crippen LogP contribution in [0.1, 0.15) is 0 Å². The van der Waals surface area contributed by atoms with Crippen molar-refractivity contribution in [2.75, 3.05) is 59.5 Å². The summed E-state index contributed by atoms with van der Waals surface area (Å²) in [5, 5.41) is 46.8. The summed E-state index contributed by atoms with van der Waals surface area (Å²) in [6.45, 7) is -0.126. The number of rotatable bonds is 3. The van der Waals surface area contributed by atoms with Gasteiger partial charge in [0.25, 0.3) is 5.95 Å². The van der Waals surface area contributed by atoms with E-state index < -0.39 is 11.9 Å². The van der Waals surface area contributed by atoms with Gasteiger partial charge in [0.1, 0.15) is 6.67 Å². The van der Waals surface area contributed by atoms with Gasteiger partial charge in [0.05, 0.1) is 0 Å². The van der Waals surface area contributed by atoms with E-state index in [1.54, 1.807) is 52.1 Å². The van der Waals surface area contributed by atoms with Crippen LogP contribution >= 0.6 is 0 Å². The Balaban J connectivity index is 4.69. The highest BCUT2D eigenvalue weighted by Crippen LogP contribution is 2.01. The van der Waals surface area contributed by atoms with E-state index in [-0.39, 0.29) is 53.6 Å². The number of anilines is 3. The summed E-state index contributed by atoms with van der Waals surface area (Å²) in [5.41, 5.74) is 35.6. The van der Waals surface area contributed by atoms with Gasteiger partial charge in [-0.05, 0) is 0 Å². The van der Waals surface area contributed by atoms with Crippen molar-refractivity contribution in [3.63, 3.8) is 0 Å². The first kappa shape index (κ1) is 39.1. The lowest BCUT2D eigenvalue weighted by Crippen LogP contribution is -2.44. The number of nitrogens with one attached hydrogen (secondary N) is 7. The molecule has 0 fully saturated rings. The SMILES string of the molecule is CN=c1n(C(=N)N)[nH][nH]c(N=C(N)N(C)C)n[nH]n(CN(C)C(=NC(=N)N)N(C)C)c(N)nc(N)n[nH]nc(N)n(C)c(=N)n(C)n1C. The molecule has 0 bridgehead atoms. The van der Waals surface area contributed by atoms with Crippen molar-refractivity contribution in [1.29, 1.82) is 16.2 Å². The number of nitrogens with zero attached hydrogens (tertiary/aromatic N) is 15. The van der Waals surface area contributed by atoms with E-state index >= 15 is 0 Å². The Kier molecular flexibility index (Phi) is 14.3. The Labute approximate surface area is 273 Å². The number of aliphatic imine (C=N–C) groups is 2. The van der Waals surface area contributed by atoms with Crippen LogP contribution in [0, 0.1) is 16.2 Å². The highest BCUT2D eigenvalue weighted by Gasteiger charge is 2.11. The summed E-state index contributed by atoms with van der Waals surface area (Å²) in [7, 11) is 14.3. The second kappa shape index (κ2) is 17.6. The monoisotopic (exact) mass is 680 g/mol. The summed E-state index contributed by atoms with van der Waals surface area (Å²) in [4.78, 5) is 21.2. The number of hydrogen-bond acceptors (Lipinski definition) is 12. The molecule has 0 amide bonds. The first-order valence-electron chi connectivity index (χ1n) is 13.4. The molecule has 268 valence electrons. The number of nitrogens with two attached hydrogens (primary N) is 6. The Hall–Kier alpha value is -6.90. The topological polar surface area (TPSA) is 414 Å². The minimum atomic E-state index is -0.524. The molecule has 1 aromatic heterocycles. The fraction of sp³-hybridized carbons (Fsp3) is 0.500. The van der Waals surface area contributed by atoms with Crippen molar-refractivity contribution in [2.45, 2.75) is 6.67 Å². The molecule has 0 saturated heterocycles. The van der Waals surface area contributed by atoms with Crippen LogP contribution in [0.2, 0.25) is 0 Å². The third-order valence-corrected chi connectivity index (χ3v) is 5.73. The number of aromatic amines is 4. The van der Waals surface area contributed by atoms with Gasteiger partial charge in [-0.25, -0.2) is 15.1 Å². The smallest absolute Gasteiger partial charge is 0.265 e. The van der Waals surface area contributed by atoms with Gasteiger partial charge in [0.2, 0.25) is 47.0 Å². The van der Waals surface area contributed by atoms with Gasteiger partial charge in [-0.2, -0.15) is 24.9 Å². The second-order valence-electron chi connectivity index (χ2n) is 9.78. The molecule has 0 aliphatic heterocycles. The minimum absolute atomic E-state index is 0.0177. The van der Waals surface area contributed by atoms with Crippen LogP contribution in [0.4, 0.5) is 23.8 Å². The van der Waals surface area contributed by atoms with Gasteiger partial charge >= 0.3 is 0 Å². The molecule has 0 aromatic carbocycles. The molecule has 28 nitrogen and oxygen atoms in total. The van der Waals surface area contributed by atoms with E-state index in [2.05, 4.69) is 56.0 Å². The maximum Gasteiger partial charge on any atom is 0.265 e. The van der Waals surface area contributed by atoms with Crippen molar-refractivity contribution in [2.24, 2.45) is 53.3 Å². The molecule has 0 aliphatic carbocycles. The van der Waals surface area contributed by atoms with E-state index in [1.807, 2.05) is 0 Å². The van der Waals surface area contributed by atoms with Crippen molar-refractivity contribution in [3.8, 4) is 0 Å². The highest BCUT2D eigenvalue weighted by atomic mass is 15.6. The lowest BCUT2D eigenvalue weighted by Gasteiger charge is -2.26. The van der Waals surface area contributed by atoms with Crippen molar-refractivity contribution in [3.05, 3.63) is 11.2 Å². The number of guanidine groups is 3. The van der Waals surface area contributed by atoms with E-state index in [1.165, 1.54) is 44.7 Å². The third-order valence-electron chi connectivity index (χ3n) is 5.73. The van der Waals surface area contributed by atoms with Gasteiger partial charge < -0.3 is 49.1 Å². The maximum atomic E-state index is 8.61. The summed E-state index contributed by atoms with van der Waals surface area (Å²) in [5.74, 6) is -1.72. The first-order valence-corrected chi connectivity index (χ1v) is 13.4. The average Bonchev–Trinajstić information content (AvgIpc) is 3.00. The zero-order valence-corrected chi connectivity index (χ0v) is 28.4. The maximum absolute atomic E-state index is 8.61. The molecule has 0 radical (unpaired) electrons. The fourth-order valence-electron chi connectivity index (χ4n) is 3.18. The Morgan fingerprint density at radius 3 is 2.04 bits per heavy atom. The van der Waals surface area contributed by atoms with Crippen LogP contribution in [-0.2, 0) is 27.8 Å². The molecule has 1 heterocycles. The number of hydrogen-bond donors (Lipinski definition) is 13. The van der Waals surface area contributed by atoms with Crippen LogP contribution in [0.3, 0.4) is 0 Å². The molecule has 1 rings (SSSR count). The van der Waals surface area contributed by atoms with Gasteiger partial charge in [0.15, 0.2) is 5.96 Å². The zero-order valence-electron chi connectivity index (χ0n) is 28.4. The molecule has 48 heavy (non-hydrogen) atoms. The number of aromatic nitrogens is 13. The number of nitrogen functional groups attached to an aromatic ring is 4. The van der Waals surface area contributed by atoms with Gasteiger partial charge in [-0.1, -0.05) is 0 Å². The van der Waals surface area contributed by atoms with Crippen LogP contribution in [0.15, 0.2) is 15.0 Å². The zero-order chi connectivity index (χ0) is 36.9. The van der Waals surface area contributed by atoms with Crippen LogP contribution in [0.5, 0.6) is 0 Å². The summed E-state index contributed by atoms with van der Waals surface area (Å²) < 4.78 is 6.13. The molecular weight excluding hydrogens is 632 g/mol. The average molecular weight is 681 g/mol. The third kappa shape index (κ3) is 11.2. The standard InChI is InChI=1S/C20H48N28/c1-30-19-46(9)45(8)17(29)44(7)16(28)35-38-34-13(25)32-15(27)47(10-43(6)20(42(4)5)31-11(21)22)39-36-18(33-14(26)41(2)3)37-40-48(19)12(23)24/h29,38-40H,10H2,1-9H3,(H3,21,22)(H3,23,24)(H2,28,35)(H4,25,27,32,34)(H3,26,33,36,37). The van der Waals surface area contributed by atoms with E-state index in [0.29, 0.717) is 0 Å². The van der Waals surface area contributed by atoms with Crippen molar-refractivity contribution in [1.82, 2.24) is 79.0 Å². The highest BCUT2D eigenvalue weighted by molar-refractivity contribution is 5.92. The summed E-state index contributed by atoms with van der Waals surface area (Å²) >= 11 is 0. The predicted molar refractivity (Wildman–Crippen MR) is 180 cm³/mol. The molecule has 28 heteroatoms. The molecule has 19 N–H and O–H groups in total. The lowest BCUT2D eigenvalue weighted by atomic mass is 10.6. The Bertz CT molecular complexity index is 1790. The minimum Gasteiger partial charge on any atom is -0.369 e.